The van der Waals surface area contributed by atoms with Gasteiger partial charge in [-0.1, -0.05) is 30.3 Å². The second-order valence-corrected chi connectivity index (χ2v) is 5.83. The molecule has 1 heterocycles. The Kier molecular flexibility index (Phi) is 6.09. The van der Waals surface area contributed by atoms with Crippen molar-refractivity contribution in [1.29, 1.82) is 0 Å². The maximum Gasteiger partial charge on any atom is 0.270 e. The lowest BCUT2D eigenvalue weighted by atomic mass is 10.1. The number of aryl methyl sites for hydroxylation is 2. The van der Waals surface area contributed by atoms with Crippen LogP contribution >= 0.6 is 0 Å². The summed E-state index contributed by atoms with van der Waals surface area (Å²) in [6, 6.07) is 12.2. The summed E-state index contributed by atoms with van der Waals surface area (Å²) in [6.45, 7) is 6.45. The number of hydrogen-bond acceptors (Lipinski definition) is 4. The van der Waals surface area contributed by atoms with Crippen LogP contribution in [0.15, 0.2) is 36.4 Å². The van der Waals surface area contributed by atoms with Crippen molar-refractivity contribution in [2.45, 2.75) is 39.7 Å². The Labute approximate surface area is 137 Å². The normalized spacial score (nSPS) is 10.6. The molecule has 0 atom stereocenters. The third kappa shape index (κ3) is 5.70. The van der Waals surface area contributed by atoms with E-state index < -0.39 is 0 Å². The molecule has 122 valence electrons. The fourth-order valence-corrected chi connectivity index (χ4v) is 2.26. The molecular formula is C18H24N4O. The van der Waals surface area contributed by atoms with Crippen LogP contribution in [0.5, 0.6) is 0 Å². The fourth-order valence-electron chi connectivity index (χ4n) is 2.26. The number of hydrogen-bond donors (Lipinski definition) is 2. The summed E-state index contributed by atoms with van der Waals surface area (Å²) in [7, 11) is 0. The Bertz CT molecular complexity index is 641. The van der Waals surface area contributed by atoms with Gasteiger partial charge in [0.05, 0.1) is 0 Å². The molecule has 1 aromatic carbocycles. The molecule has 0 saturated heterocycles. The van der Waals surface area contributed by atoms with Gasteiger partial charge >= 0.3 is 0 Å². The van der Waals surface area contributed by atoms with E-state index in [4.69, 9.17) is 0 Å². The molecule has 0 spiro atoms. The molecule has 2 aromatic rings. The van der Waals surface area contributed by atoms with Gasteiger partial charge in [0.1, 0.15) is 17.3 Å². The van der Waals surface area contributed by atoms with E-state index in [9.17, 15) is 4.79 Å². The van der Waals surface area contributed by atoms with Gasteiger partial charge in [-0.15, -0.1) is 0 Å². The van der Waals surface area contributed by atoms with Gasteiger partial charge in [-0.25, -0.2) is 9.97 Å². The highest BCUT2D eigenvalue weighted by Crippen LogP contribution is 2.08. The average Bonchev–Trinajstić information content (AvgIpc) is 2.51. The summed E-state index contributed by atoms with van der Waals surface area (Å²) in [5.41, 5.74) is 1.72. The summed E-state index contributed by atoms with van der Waals surface area (Å²) >= 11 is 0. The van der Waals surface area contributed by atoms with Crippen LogP contribution in [0.4, 0.5) is 5.82 Å². The maximum absolute atomic E-state index is 12.0. The summed E-state index contributed by atoms with van der Waals surface area (Å²) in [4.78, 5) is 20.6. The summed E-state index contributed by atoms with van der Waals surface area (Å²) in [6.07, 6.45) is 2.01. The number of amides is 1. The van der Waals surface area contributed by atoms with E-state index in [-0.39, 0.29) is 11.9 Å². The zero-order valence-corrected chi connectivity index (χ0v) is 14.0. The van der Waals surface area contributed by atoms with Gasteiger partial charge in [0.15, 0.2) is 0 Å². The highest BCUT2D eigenvalue weighted by atomic mass is 16.1. The Balaban J connectivity index is 1.89. The largest absolute Gasteiger partial charge is 0.370 e. The summed E-state index contributed by atoms with van der Waals surface area (Å²) < 4.78 is 0. The molecule has 0 radical (unpaired) electrons. The van der Waals surface area contributed by atoms with Crippen LogP contribution in [0.2, 0.25) is 0 Å². The minimum absolute atomic E-state index is 0.0834. The van der Waals surface area contributed by atoms with Crippen LogP contribution in [-0.4, -0.2) is 28.5 Å². The smallest absolute Gasteiger partial charge is 0.270 e. The number of nitrogens with zero attached hydrogens (tertiary/aromatic N) is 2. The predicted octanol–water partition coefficient (Wildman–Crippen LogP) is 2.97. The standard InChI is InChI=1S/C18H24N4O/c1-13(2)20-18(23)16-12-17(22-14(3)21-16)19-11-7-10-15-8-5-4-6-9-15/h4-6,8-9,12-13H,7,10-11H2,1-3H3,(H,20,23)(H,19,21,22). The van der Waals surface area contributed by atoms with Crippen LogP contribution < -0.4 is 10.6 Å². The van der Waals surface area contributed by atoms with Crippen molar-refractivity contribution in [3.05, 3.63) is 53.5 Å². The van der Waals surface area contributed by atoms with Crippen molar-refractivity contribution in [2.24, 2.45) is 0 Å². The zero-order chi connectivity index (χ0) is 16.7. The van der Waals surface area contributed by atoms with Crippen molar-refractivity contribution < 1.29 is 4.79 Å². The lowest BCUT2D eigenvalue weighted by Gasteiger charge is -2.10. The molecule has 23 heavy (non-hydrogen) atoms. The van der Waals surface area contributed by atoms with Crippen LogP contribution in [0, 0.1) is 6.92 Å². The number of aromatic nitrogens is 2. The molecule has 0 aliphatic carbocycles. The van der Waals surface area contributed by atoms with Gasteiger partial charge in [-0.3, -0.25) is 4.79 Å². The van der Waals surface area contributed by atoms with Gasteiger partial charge in [0.25, 0.3) is 5.91 Å². The second-order valence-electron chi connectivity index (χ2n) is 5.83. The molecule has 2 N–H and O–H groups in total. The Morgan fingerprint density at radius 3 is 2.61 bits per heavy atom. The van der Waals surface area contributed by atoms with Crippen LogP contribution in [0.3, 0.4) is 0 Å². The first-order valence-corrected chi connectivity index (χ1v) is 7.99. The van der Waals surface area contributed by atoms with Crippen LogP contribution in [0.1, 0.15) is 42.1 Å². The summed E-state index contributed by atoms with van der Waals surface area (Å²) in [5.74, 6) is 1.12. The number of carbonyl (C=O) groups excluding carboxylic acids is 1. The first-order valence-electron chi connectivity index (χ1n) is 7.99. The third-order valence-corrected chi connectivity index (χ3v) is 3.28. The molecule has 0 fully saturated rings. The molecule has 0 aliphatic heterocycles. The van der Waals surface area contributed by atoms with Gasteiger partial charge in [-0.05, 0) is 39.2 Å². The molecule has 5 heteroatoms. The van der Waals surface area contributed by atoms with Crippen molar-refractivity contribution in [3.63, 3.8) is 0 Å². The monoisotopic (exact) mass is 312 g/mol. The SMILES string of the molecule is Cc1nc(NCCCc2ccccc2)cc(C(=O)NC(C)C)n1. The quantitative estimate of drug-likeness (QED) is 0.771. The molecule has 1 amide bonds. The topological polar surface area (TPSA) is 66.9 Å². The Morgan fingerprint density at radius 1 is 1.17 bits per heavy atom. The number of nitrogens with one attached hydrogen (secondary N) is 2. The van der Waals surface area contributed by atoms with Crippen LogP contribution in [0.25, 0.3) is 0 Å². The lowest BCUT2D eigenvalue weighted by molar-refractivity contribution is 0.0937. The number of carbonyl (C=O) groups is 1. The molecule has 0 bridgehead atoms. The molecular weight excluding hydrogens is 288 g/mol. The van der Waals surface area contributed by atoms with Gasteiger partial charge in [0.2, 0.25) is 0 Å². The zero-order valence-electron chi connectivity index (χ0n) is 14.0. The van der Waals surface area contributed by atoms with Gasteiger partial charge in [0, 0.05) is 18.7 Å². The van der Waals surface area contributed by atoms with Gasteiger partial charge in [-0.2, -0.15) is 0 Å². The predicted molar refractivity (Wildman–Crippen MR) is 92.6 cm³/mol. The van der Waals surface area contributed by atoms with E-state index >= 15 is 0 Å². The molecule has 5 nitrogen and oxygen atoms in total. The highest BCUT2D eigenvalue weighted by Gasteiger charge is 2.11. The number of benzene rings is 1. The van der Waals surface area contributed by atoms with E-state index in [1.165, 1.54) is 5.56 Å². The van der Waals surface area contributed by atoms with Crippen molar-refractivity contribution >= 4 is 11.7 Å². The minimum atomic E-state index is -0.169. The van der Waals surface area contributed by atoms with Crippen molar-refractivity contribution in [1.82, 2.24) is 15.3 Å². The number of anilines is 1. The third-order valence-electron chi connectivity index (χ3n) is 3.28. The molecule has 0 unspecified atom stereocenters. The second kappa shape index (κ2) is 8.27. The summed E-state index contributed by atoms with van der Waals surface area (Å²) in [5, 5.41) is 6.12. The van der Waals surface area contributed by atoms with Crippen molar-refractivity contribution in [3.8, 4) is 0 Å². The van der Waals surface area contributed by atoms with E-state index in [0.29, 0.717) is 17.3 Å². The van der Waals surface area contributed by atoms with E-state index in [1.807, 2.05) is 19.9 Å². The molecule has 2 rings (SSSR count). The Hall–Kier alpha value is -2.43. The maximum atomic E-state index is 12.0. The number of rotatable bonds is 7. The van der Waals surface area contributed by atoms with E-state index in [0.717, 1.165) is 19.4 Å². The minimum Gasteiger partial charge on any atom is -0.370 e. The lowest BCUT2D eigenvalue weighted by Crippen LogP contribution is -2.31. The van der Waals surface area contributed by atoms with Crippen molar-refractivity contribution in [2.75, 3.05) is 11.9 Å². The first-order chi connectivity index (χ1) is 11.0. The van der Waals surface area contributed by atoms with Gasteiger partial charge < -0.3 is 10.6 Å². The molecule has 0 aliphatic rings. The molecule has 1 aromatic heterocycles. The van der Waals surface area contributed by atoms with Crippen LogP contribution in [-0.2, 0) is 6.42 Å². The molecule has 0 saturated carbocycles. The highest BCUT2D eigenvalue weighted by molar-refractivity contribution is 5.93. The van der Waals surface area contributed by atoms with E-state index in [1.54, 1.807) is 13.0 Å². The first kappa shape index (κ1) is 16.9. The fraction of sp³-hybridized carbons (Fsp3) is 0.389. The average molecular weight is 312 g/mol. The van der Waals surface area contributed by atoms with E-state index in [2.05, 4.69) is 44.9 Å². The Morgan fingerprint density at radius 2 is 1.91 bits per heavy atom.